The van der Waals surface area contributed by atoms with Crippen LogP contribution in [0.3, 0.4) is 0 Å². The van der Waals surface area contributed by atoms with Gasteiger partial charge in [0, 0.05) is 30.8 Å². The number of benzene rings is 2. The molecule has 0 unspecified atom stereocenters. The Hall–Kier alpha value is -6.46. The molecule has 0 radical (unpaired) electrons. The number of carboxylic acid groups (broad SMARTS) is 1. The predicted octanol–water partition coefficient (Wildman–Crippen LogP) is 8.85. The first kappa shape index (κ1) is 57.7. The van der Waals surface area contributed by atoms with E-state index in [1.807, 2.05) is 60.7 Å². The number of pyridine rings is 1. The molecule has 18 nitrogen and oxygen atoms in total. The molecule has 0 bridgehead atoms. The summed E-state index contributed by atoms with van der Waals surface area (Å²) in [6.45, 7) is 21.3. The number of amides is 5. The van der Waals surface area contributed by atoms with E-state index < -0.39 is 70.7 Å². The van der Waals surface area contributed by atoms with E-state index in [4.69, 9.17) is 24.1 Å². The molecule has 6 N–H and O–H groups in total. The van der Waals surface area contributed by atoms with E-state index in [1.54, 1.807) is 89.3 Å². The van der Waals surface area contributed by atoms with Gasteiger partial charge in [0.1, 0.15) is 28.4 Å². The second kappa shape index (κ2) is 26.8. The summed E-state index contributed by atoms with van der Waals surface area (Å²) in [5.74, 6) is -2.44. The Balaban J connectivity index is 0.000000582. The van der Waals surface area contributed by atoms with Crippen molar-refractivity contribution in [2.24, 2.45) is 5.92 Å². The summed E-state index contributed by atoms with van der Waals surface area (Å²) < 4.78 is 20.8. The fraction of sp³-hybridized carbons (Fsp3) is 0.560. The molecule has 0 saturated carbocycles. The van der Waals surface area contributed by atoms with Crippen molar-refractivity contribution in [3.63, 3.8) is 0 Å². The van der Waals surface area contributed by atoms with Crippen LogP contribution in [0.2, 0.25) is 0 Å². The molecular formula is C50H74N6O12. The van der Waals surface area contributed by atoms with Crippen molar-refractivity contribution in [3.8, 4) is 0 Å². The number of nitrogens with zero attached hydrogens (tertiary/aromatic N) is 1. The van der Waals surface area contributed by atoms with Gasteiger partial charge in [0.15, 0.2) is 5.78 Å². The van der Waals surface area contributed by atoms with Crippen LogP contribution in [-0.4, -0.2) is 99.7 Å². The lowest BCUT2D eigenvalue weighted by Crippen LogP contribution is -2.45. The van der Waals surface area contributed by atoms with Crippen molar-refractivity contribution >= 4 is 58.6 Å². The van der Waals surface area contributed by atoms with Gasteiger partial charge in [-0.15, -0.1) is 0 Å². The summed E-state index contributed by atoms with van der Waals surface area (Å²) >= 11 is 0. The number of aliphatic carboxylic acids is 1. The number of nitrogens with one attached hydrogen (secondary N) is 5. The Morgan fingerprint density at radius 3 is 1.54 bits per heavy atom. The number of ether oxygens (including phenoxy) is 4. The molecule has 0 fully saturated rings. The van der Waals surface area contributed by atoms with Gasteiger partial charge < -0.3 is 50.6 Å². The summed E-state index contributed by atoms with van der Waals surface area (Å²) in [6, 6.07) is 17.2. The number of carbonyl (C=O) groups excluding carboxylic acids is 6. The number of alkyl carbamates (subject to hydrolysis) is 4. The van der Waals surface area contributed by atoms with Crippen LogP contribution < -0.4 is 26.6 Å². The summed E-state index contributed by atoms with van der Waals surface area (Å²) in [6.07, 6.45) is 1.00. The molecule has 5 amide bonds. The minimum Gasteiger partial charge on any atom is -0.480 e. The number of para-hydroxylation sites is 1. The SMILES string of the molecule is CC(C)(C)OC(=O)NCCC[C@@H](NC(=O)OC(C)(C)C)C(=O)C[C@H](CCc1ccccc1)C(=O)Nc1cnc2ccccc2c1.CC(C)(C)OC(=O)NCCC[C@@H](NC(=O)OC(C)(C)C)C(=O)O. The summed E-state index contributed by atoms with van der Waals surface area (Å²) in [5, 5.41) is 23.1. The molecule has 1 aromatic heterocycles. The molecular weight excluding hydrogens is 877 g/mol. The van der Waals surface area contributed by atoms with Gasteiger partial charge in [-0.25, -0.2) is 24.0 Å². The fourth-order valence-corrected chi connectivity index (χ4v) is 6.17. The number of ketones is 1. The number of anilines is 1. The molecule has 0 aliphatic heterocycles. The van der Waals surface area contributed by atoms with Gasteiger partial charge in [-0.3, -0.25) is 14.6 Å². The molecule has 0 aliphatic rings. The van der Waals surface area contributed by atoms with E-state index in [-0.39, 0.29) is 44.0 Å². The maximum atomic E-state index is 13.7. The third kappa shape index (κ3) is 26.0. The predicted molar refractivity (Wildman–Crippen MR) is 259 cm³/mol. The number of hydrogen-bond acceptors (Lipinski definition) is 12. The Bertz CT molecular complexity index is 2120. The van der Waals surface area contributed by atoms with Crippen LogP contribution in [0.5, 0.6) is 0 Å². The third-order valence-corrected chi connectivity index (χ3v) is 9.04. The van der Waals surface area contributed by atoms with Crippen molar-refractivity contribution in [3.05, 3.63) is 72.4 Å². The highest BCUT2D eigenvalue weighted by molar-refractivity contribution is 5.98. The molecule has 3 aromatic rings. The Morgan fingerprint density at radius 1 is 0.588 bits per heavy atom. The Labute approximate surface area is 400 Å². The maximum absolute atomic E-state index is 13.7. The van der Waals surface area contributed by atoms with E-state index >= 15 is 0 Å². The number of fused-ring (bicyclic) bond motifs is 1. The van der Waals surface area contributed by atoms with E-state index in [9.17, 15) is 33.6 Å². The topological polar surface area (TPSA) is 250 Å². The molecule has 0 spiro atoms. The molecule has 18 heteroatoms. The Kier molecular flexibility index (Phi) is 22.7. The van der Waals surface area contributed by atoms with Crippen molar-refractivity contribution < 1.29 is 57.6 Å². The molecule has 376 valence electrons. The van der Waals surface area contributed by atoms with Gasteiger partial charge in [-0.05, 0) is 139 Å². The molecule has 1 heterocycles. The van der Waals surface area contributed by atoms with Crippen LogP contribution in [-0.2, 0) is 39.8 Å². The van der Waals surface area contributed by atoms with Crippen LogP contribution in [0.15, 0.2) is 66.9 Å². The summed E-state index contributed by atoms with van der Waals surface area (Å²) in [5.41, 5.74) is -0.305. The highest BCUT2D eigenvalue weighted by atomic mass is 16.6. The lowest BCUT2D eigenvalue weighted by Gasteiger charge is -2.25. The normalized spacial score (nSPS) is 12.9. The summed E-state index contributed by atoms with van der Waals surface area (Å²) in [7, 11) is 0. The standard InChI is InChI=1S/C35H46N4O6.C15H28N2O6/c1-34(2,3)44-32(42)36-20-12-17-29(39-33(43)45-35(4,5)6)30(40)22-26(19-18-24-13-8-7-9-14-24)31(41)38-27-21-25-15-10-11-16-28(25)37-23-27;1-14(2,3)22-12(20)16-9-7-8-10(11(18)19)17-13(21)23-15(4,5)6/h7-11,13-16,21,23,26,29H,12,17-20,22H2,1-6H3,(H,36,42)(H,38,41)(H,39,43);10H,7-9H2,1-6H3,(H,16,20)(H,17,21)(H,18,19)/t26-,29+;10-/m01/s1. The van der Waals surface area contributed by atoms with Crippen LogP contribution in [0.25, 0.3) is 10.9 Å². The lowest BCUT2D eigenvalue weighted by atomic mass is 9.90. The number of rotatable bonds is 19. The highest BCUT2D eigenvalue weighted by Crippen LogP contribution is 2.22. The second-order valence-corrected chi connectivity index (χ2v) is 20.2. The van der Waals surface area contributed by atoms with E-state index in [1.165, 1.54) is 0 Å². The van der Waals surface area contributed by atoms with Gasteiger partial charge in [-0.1, -0.05) is 48.5 Å². The lowest BCUT2D eigenvalue weighted by molar-refractivity contribution is -0.139. The molecule has 68 heavy (non-hydrogen) atoms. The van der Waals surface area contributed by atoms with Crippen molar-refractivity contribution in [2.75, 3.05) is 18.4 Å². The average Bonchev–Trinajstić information content (AvgIpc) is 3.19. The fourth-order valence-electron chi connectivity index (χ4n) is 6.17. The quantitative estimate of drug-likeness (QED) is 0.0486. The zero-order valence-corrected chi connectivity index (χ0v) is 41.8. The molecule has 3 rings (SSSR count). The van der Waals surface area contributed by atoms with Crippen molar-refractivity contribution in [1.82, 2.24) is 26.3 Å². The highest BCUT2D eigenvalue weighted by Gasteiger charge is 2.30. The minimum atomic E-state index is -1.16. The zero-order valence-electron chi connectivity index (χ0n) is 41.8. The third-order valence-electron chi connectivity index (χ3n) is 9.04. The first-order valence-electron chi connectivity index (χ1n) is 22.9. The van der Waals surface area contributed by atoms with Gasteiger partial charge in [-0.2, -0.15) is 0 Å². The van der Waals surface area contributed by atoms with Crippen molar-refractivity contribution in [1.29, 1.82) is 0 Å². The number of carboxylic acids is 1. The minimum absolute atomic E-state index is 0.0976. The van der Waals surface area contributed by atoms with Gasteiger partial charge in [0.25, 0.3) is 0 Å². The van der Waals surface area contributed by atoms with E-state index in [0.717, 1.165) is 16.5 Å². The Morgan fingerprint density at radius 2 is 1.04 bits per heavy atom. The maximum Gasteiger partial charge on any atom is 0.408 e. The van der Waals surface area contributed by atoms with Crippen LogP contribution in [0.1, 0.15) is 127 Å². The van der Waals surface area contributed by atoms with Crippen LogP contribution >= 0.6 is 0 Å². The largest absolute Gasteiger partial charge is 0.480 e. The van der Waals surface area contributed by atoms with E-state index in [2.05, 4.69) is 31.6 Å². The molecule has 2 aromatic carbocycles. The van der Waals surface area contributed by atoms with Crippen LogP contribution in [0.4, 0.5) is 24.9 Å². The first-order chi connectivity index (χ1) is 31.5. The molecule has 0 aliphatic carbocycles. The number of carbonyl (C=O) groups is 7. The van der Waals surface area contributed by atoms with Gasteiger partial charge >= 0.3 is 30.3 Å². The number of aromatic nitrogens is 1. The number of Topliss-reactive ketones (excluding diaryl/α,β-unsaturated/α-hetero) is 1. The number of aryl methyl sites for hydroxylation is 1. The second-order valence-electron chi connectivity index (χ2n) is 20.2. The summed E-state index contributed by atoms with van der Waals surface area (Å²) in [4.78, 5) is 90.7. The van der Waals surface area contributed by atoms with Gasteiger partial charge in [0.05, 0.1) is 23.4 Å². The monoisotopic (exact) mass is 951 g/mol. The van der Waals surface area contributed by atoms with Crippen LogP contribution in [0, 0.1) is 5.92 Å². The molecule has 3 atom stereocenters. The number of hydrogen-bond donors (Lipinski definition) is 6. The van der Waals surface area contributed by atoms with Gasteiger partial charge in [0.2, 0.25) is 5.91 Å². The molecule has 0 saturated heterocycles. The van der Waals surface area contributed by atoms with E-state index in [0.29, 0.717) is 31.4 Å². The zero-order chi connectivity index (χ0) is 51.3. The smallest absolute Gasteiger partial charge is 0.408 e. The van der Waals surface area contributed by atoms with Crippen molar-refractivity contribution in [2.45, 2.75) is 163 Å². The average molecular weight is 951 g/mol. The first-order valence-corrected chi connectivity index (χ1v) is 22.9.